The summed E-state index contributed by atoms with van der Waals surface area (Å²) in [5.74, 6) is 2.55. The van der Waals surface area contributed by atoms with Crippen LogP contribution in [0.3, 0.4) is 0 Å². The van der Waals surface area contributed by atoms with E-state index >= 15 is 0 Å². The molecule has 3 fully saturated rings. The number of ether oxygens (including phenoxy) is 1. The van der Waals surface area contributed by atoms with Gasteiger partial charge in [-0.25, -0.2) is 0 Å². The monoisotopic (exact) mass is 413 g/mol. The first-order chi connectivity index (χ1) is 14.1. The molecule has 0 radical (unpaired) electrons. The Kier molecular flexibility index (Phi) is 5.87. The van der Waals surface area contributed by atoms with E-state index in [9.17, 15) is 0 Å². The normalized spacial score (nSPS) is 33.2. The van der Waals surface area contributed by atoms with Crippen molar-refractivity contribution in [1.29, 1.82) is 0 Å². The first-order valence-electron chi connectivity index (χ1n) is 12.3. The van der Waals surface area contributed by atoms with Gasteiger partial charge >= 0.3 is 0 Å². The number of rotatable bonds is 7. The van der Waals surface area contributed by atoms with E-state index in [0.29, 0.717) is 17.8 Å². The van der Waals surface area contributed by atoms with Gasteiger partial charge in [0.15, 0.2) is 0 Å². The van der Waals surface area contributed by atoms with Gasteiger partial charge in [-0.05, 0) is 73.7 Å². The molecule has 30 heavy (non-hydrogen) atoms. The van der Waals surface area contributed by atoms with Crippen LogP contribution < -0.4 is 0 Å². The Morgan fingerprint density at radius 1 is 0.967 bits per heavy atom. The number of fused-ring (bicyclic) bond motifs is 3. The van der Waals surface area contributed by atoms with E-state index in [1.807, 2.05) is 0 Å². The molecule has 4 atom stereocenters. The fourth-order valence-corrected chi connectivity index (χ4v) is 7.18. The molecule has 0 amide bonds. The predicted molar refractivity (Wildman–Crippen MR) is 123 cm³/mol. The third-order valence-electron chi connectivity index (χ3n) is 8.52. The van der Waals surface area contributed by atoms with Crippen LogP contribution in [0.4, 0.5) is 0 Å². The van der Waals surface area contributed by atoms with Gasteiger partial charge in [0.25, 0.3) is 0 Å². The lowest BCUT2D eigenvalue weighted by Gasteiger charge is -2.54. The molecular weight excluding hydrogens is 370 g/mol. The van der Waals surface area contributed by atoms with Crippen LogP contribution in [-0.4, -0.2) is 22.9 Å². The first kappa shape index (κ1) is 22.3. The van der Waals surface area contributed by atoms with E-state index < -0.39 is 0 Å². The highest BCUT2D eigenvalue weighted by Gasteiger charge is 2.72. The van der Waals surface area contributed by atoms with Gasteiger partial charge in [0.2, 0.25) is 0 Å². The lowest BCUT2D eigenvalue weighted by atomic mass is 9.63. The molecule has 2 bridgehead atoms. The minimum atomic E-state index is -0.340. The maximum absolute atomic E-state index is 7.05. The third kappa shape index (κ3) is 3.36. The van der Waals surface area contributed by atoms with E-state index in [0.717, 1.165) is 25.4 Å². The summed E-state index contributed by atoms with van der Waals surface area (Å²) in [7, 11) is 0. The lowest BCUT2D eigenvalue weighted by Crippen LogP contribution is -2.64. The Bertz CT molecular complexity index is 718. The molecule has 3 aliphatic rings. The topological polar surface area (TPSA) is 21.7 Å². The van der Waals surface area contributed by atoms with E-state index in [1.54, 1.807) is 0 Å². The molecule has 0 aromatic heterocycles. The minimum absolute atomic E-state index is 0.0124. The highest BCUT2D eigenvalue weighted by molar-refractivity contribution is 5.21. The Morgan fingerprint density at radius 2 is 1.57 bits per heavy atom. The first-order valence-corrected chi connectivity index (χ1v) is 12.3. The quantitative estimate of drug-likeness (QED) is 0.480. The van der Waals surface area contributed by atoms with Crippen LogP contribution in [0, 0.1) is 29.1 Å². The number of benzene rings is 1. The number of nitrogens with zero attached hydrogens (tertiary/aromatic N) is 1. The van der Waals surface area contributed by atoms with Crippen molar-refractivity contribution < 1.29 is 9.57 Å². The summed E-state index contributed by atoms with van der Waals surface area (Å²) < 4.78 is 6.94. The van der Waals surface area contributed by atoms with Crippen LogP contribution in [0.15, 0.2) is 30.3 Å². The number of hydrogen-bond donors (Lipinski definition) is 0. The molecule has 2 aliphatic carbocycles. The van der Waals surface area contributed by atoms with Gasteiger partial charge in [-0.2, -0.15) is 0 Å². The fourth-order valence-electron chi connectivity index (χ4n) is 7.18. The molecule has 1 aromatic carbocycles. The maximum Gasteiger partial charge on any atom is 0.145 e. The van der Waals surface area contributed by atoms with Crippen LogP contribution >= 0.6 is 0 Å². The minimum Gasteiger partial charge on any atom is -0.356 e. The largest absolute Gasteiger partial charge is 0.356 e. The van der Waals surface area contributed by atoms with Gasteiger partial charge in [0.05, 0.1) is 12.1 Å². The van der Waals surface area contributed by atoms with E-state index in [1.165, 1.54) is 24.8 Å². The highest BCUT2D eigenvalue weighted by atomic mass is 16.7. The summed E-state index contributed by atoms with van der Waals surface area (Å²) in [6, 6.07) is 10.7. The Hall–Kier alpha value is -0.900. The zero-order valence-corrected chi connectivity index (χ0v) is 20.3. The van der Waals surface area contributed by atoms with E-state index in [4.69, 9.17) is 9.57 Å². The van der Waals surface area contributed by atoms with Crippen molar-refractivity contribution in [3.05, 3.63) is 35.9 Å². The summed E-state index contributed by atoms with van der Waals surface area (Å²) in [4.78, 5) is 7.05. The summed E-state index contributed by atoms with van der Waals surface area (Å²) in [5, 5.41) is 2.46. The van der Waals surface area contributed by atoms with E-state index in [-0.39, 0.29) is 22.8 Å². The second kappa shape index (κ2) is 7.90. The standard InChI is InChI=1S/C27H43NO2/c1-19(2)16-26(17-20(3)4)28(30-21(5)22-11-9-8-10-12-22)27(18-29-26)24-14-13-23(15-24)25(27,6)7/h8-12,19-21,23-24H,13-18H2,1-7H3/t21-,23?,24?,27?/m1/s1. The molecule has 168 valence electrons. The third-order valence-corrected chi connectivity index (χ3v) is 8.52. The Morgan fingerprint density at radius 3 is 2.10 bits per heavy atom. The molecule has 2 saturated carbocycles. The zero-order valence-electron chi connectivity index (χ0n) is 20.3. The molecule has 3 unspecified atom stereocenters. The molecular formula is C27H43NO2. The summed E-state index contributed by atoms with van der Waals surface area (Å²) in [5.41, 5.74) is 1.07. The maximum atomic E-state index is 7.05. The SMILES string of the molecule is CC(C)CC1(CC(C)C)OCC2(C3CCC(C3)C2(C)C)N1O[C@H](C)c1ccccc1. The Labute approximate surface area is 184 Å². The molecule has 0 N–H and O–H groups in total. The van der Waals surface area contributed by atoms with Crippen molar-refractivity contribution in [3.63, 3.8) is 0 Å². The van der Waals surface area contributed by atoms with E-state index in [2.05, 4.69) is 83.9 Å². The molecule has 1 saturated heterocycles. The molecule has 4 rings (SSSR count). The van der Waals surface area contributed by atoms with Crippen molar-refractivity contribution >= 4 is 0 Å². The summed E-state index contributed by atoms with van der Waals surface area (Å²) >= 11 is 0. The molecule has 3 nitrogen and oxygen atoms in total. The van der Waals surface area contributed by atoms with Crippen LogP contribution in [0.2, 0.25) is 0 Å². The van der Waals surface area contributed by atoms with Crippen molar-refractivity contribution in [2.75, 3.05) is 6.61 Å². The van der Waals surface area contributed by atoms with Gasteiger partial charge in [-0.15, -0.1) is 5.06 Å². The van der Waals surface area contributed by atoms with Crippen molar-refractivity contribution in [3.8, 4) is 0 Å². The van der Waals surface area contributed by atoms with Crippen molar-refractivity contribution in [2.45, 2.75) is 97.9 Å². The molecule has 1 aliphatic heterocycles. The van der Waals surface area contributed by atoms with Crippen LogP contribution in [-0.2, 0) is 9.57 Å². The molecule has 1 aromatic rings. The molecule has 1 spiro atoms. The van der Waals surface area contributed by atoms with Gasteiger partial charge in [0.1, 0.15) is 11.8 Å². The van der Waals surface area contributed by atoms with Crippen LogP contribution in [0.5, 0.6) is 0 Å². The zero-order chi connectivity index (χ0) is 21.7. The summed E-state index contributed by atoms with van der Waals surface area (Å²) in [6.45, 7) is 17.3. The Balaban J connectivity index is 1.77. The molecule has 3 heteroatoms. The van der Waals surface area contributed by atoms with Crippen molar-refractivity contribution in [1.82, 2.24) is 5.06 Å². The highest BCUT2D eigenvalue weighted by Crippen LogP contribution is 2.68. The van der Waals surface area contributed by atoms with Crippen LogP contribution in [0.25, 0.3) is 0 Å². The summed E-state index contributed by atoms with van der Waals surface area (Å²) in [6.07, 6.45) is 6.05. The van der Waals surface area contributed by atoms with Gasteiger partial charge < -0.3 is 4.74 Å². The van der Waals surface area contributed by atoms with Gasteiger partial charge in [0, 0.05) is 0 Å². The second-order valence-electron chi connectivity index (χ2n) is 11.7. The van der Waals surface area contributed by atoms with Crippen molar-refractivity contribution in [2.24, 2.45) is 29.1 Å². The lowest BCUT2D eigenvalue weighted by molar-refractivity contribution is -0.337. The second-order valence-corrected chi connectivity index (χ2v) is 11.7. The van der Waals surface area contributed by atoms with Gasteiger partial charge in [-0.3, -0.25) is 4.84 Å². The average molecular weight is 414 g/mol. The number of hydroxylamine groups is 2. The average Bonchev–Trinajstić information content (AvgIpc) is 3.32. The van der Waals surface area contributed by atoms with Gasteiger partial charge in [-0.1, -0.05) is 71.9 Å². The fraction of sp³-hybridized carbons (Fsp3) is 0.778. The smallest absolute Gasteiger partial charge is 0.145 e. The molecule has 1 heterocycles. The number of hydrogen-bond acceptors (Lipinski definition) is 3. The van der Waals surface area contributed by atoms with Crippen LogP contribution in [0.1, 0.15) is 92.2 Å². The predicted octanol–water partition coefficient (Wildman–Crippen LogP) is 6.99.